The van der Waals surface area contributed by atoms with Gasteiger partial charge in [0.15, 0.2) is 11.0 Å². The van der Waals surface area contributed by atoms with Gasteiger partial charge in [-0.3, -0.25) is 0 Å². The van der Waals surface area contributed by atoms with Crippen molar-refractivity contribution in [1.82, 2.24) is 15.1 Å². The molecule has 1 aromatic heterocycles. The van der Waals surface area contributed by atoms with Gasteiger partial charge in [-0.25, -0.2) is 4.79 Å². The monoisotopic (exact) mass is 284 g/mol. The molecule has 1 fully saturated rings. The van der Waals surface area contributed by atoms with Crippen LogP contribution in [0.2, 0.25) is 5.15 Å². The Bertz CT molecular complexity index is 509. The van der Waals surface area contributed by atoms with Gasteiger partial charge in [0.25, 0.3) is 0 Å². The molecule has 1 N–H and O–H groups in total. The van der Waals surface area contributed by atoms with E-state index >= 15 is 0 Å². The maximum Gasteiger partial charge on any atom is 0.407 e. The molecular formula is C12H17ClN4O2. The molecule has 1 amide bonds. The second-order valence-electron chi connectivity index (χ2n) is 4.84. The first kappa shape index (κ1) is 13.9. The number of piperazine rings is 1. The molecule has 0 radical (unpaired) electrons. The van der Waals surface area contributed by atoms with Crippen molar-refractivity contribution in [3.05, 3.63) is 16.3 Å². The molecule has 1 aliphatic heterocycles. The Morgan fingerprint density at radius 2 is 2.00 bits per heavy atom. The number of carboxylic acid groups (broad SMARTS) is 1. The van der Waals surface area contributed by atoms with Gasteiger partial charge < -0.3 is 14.9 Å². The van der Waals surface area contributed by atoms with Crippen molar-refractivity contribution in [2.24, 2.45) is 0 Å². The lowest BCUT2D eigenvalue weighted by atomic mass is 10.1. The van der Waals surface area contributed by atoms with Crippen molar-refractivity contribution in [3.8, 4) is 0 Å². The minimum absolute atomic E-state index is 0.0663. The van der Waals surface area contributed by atoms with Crippen molar-refractivity contribution >= 4 is 23.5 Å². The van der Waals surface area contributed by atoms with Gasteiger partial charge in [0.2, 0.25) is 0 Å². The van der Waals surface area contributed by atoms with Crippen molar-refractivity contribution < 1.29 is 9.90 Å². The van der Waals surface area contributed by atoms with Crippen LogP contribution in [0.4, 0.5) is 10.6 Å². The van der Waals surface area contributed by atoms with Gasteiger partial charge in [0, 0.05) is 25.7 Å². The molecule has 0 aromatic carbocycles. The van der Waals surface area contributed by atoms with E-state index in [1.54, 1.807) is 0 Å². The maximum absolute atomic E-state index is 11.0. The molecule has 1 aliphatic rings. The summed E-state index contributed by atoms with van der Waals surface area (Å²) in [6, 6.07) is -0.0663. The number of rotatable bonds is 1. The van der Waals surface area contributed by atoms with Crippen LogP contribution in [0.3, 0.4) is 0 Å². The molecule has 1 atom stereocenters. The minimum atomic E-state index is -0.873. The van der Waals surface area contributed by atoms with E-state index in [0.29, 0.717) is 24.8 Å². The third-order valence-electron chi connectivity index (χ3n) is 3.61. The van der Waals surface area contributed by atoms with Crippen LogP contribution in [0, 0.1) is 13.8 Å². The largest absolute Gasteiger partial charge is 0.465 e. The molecule has 1 aromatic rings. The number of hydrogen-bond donors (Lipinski definition) is 1. The van der Waals surface area contributed by atoms with E-state index in [-0.39, 0.29) is 6.04 Å². The Balaban J connectivity index is 2.21. The van der Waals surface area contributed by atoms with Crippen LogP contribution in [0.15, 0.2) is 0 Å². The SMILES string of the molecule is Cc1c(Cl)nnc(N2CCN(C(=O)O)C(C)C2)c1C. The van der Waals surface area contributed by atoms with E-state index in [4.69, 9.17) is 16.7 Å². The van der Waals surface area contributed by atoms with Gasteiger partial charge in [0.1, 0.15) is 0 Å². The summed E-state index contributed by atoms with van der Waals surface area (Å²) >= 11 is 5.94. The van der Waals surface area contributed by atoms with Crippen molar-refractivity contribution in [2.45, 2.75) is 26.8 Å². The van der Waals surface area contributed by atoms with Crippen molar-refractivity contribution in [1.29, 1.82) is 0 Å². The van der Waals surface area contributed by atoms with Crippen molar-refractivity contribution in [2.75, 3.05) is 24.5 Å². The topological polar surface area (TPSA) is 69.6 Å². The Labute approximate surface area is 117 Å². The average Bonchev–Trinajstić information content (AvgIpc) is 2.35. The first-order chi connectivity index (χ1) is 8.91. The molecular weight excluding hydrogens is 268 g/mol. The normalized spacial score (nSPS) is 19.7. The van der Waals surface area contributed by atoms with Gasteiger partial charge in [-0.05, 0) is 31.9 Å². The predicted octanol–water partition coefficient (Wildman–Crippen LogP) is 1.94. The molecule has 104 valence electrons. The van der Waals surface area contributed by atoms with E-state index in [9.17, 15) is 4.79 Å². The lowest BCUT2D eigenvalue weighted by molar-refractivity contribution is 0.122. The number of halogens is 1. The van der Waals surface area contributed by atoms with E-state index < -0.39 is 6.09 Å². The molecule has 19 heavy (non-hydrogen) atoms. The van der Waals surface area contributed by atoms with Crippen LogP contribution in [0.25, 0.3) is 0 Å². The highest BCUT2D eigenvalue weighted by Gasteiger charge is 2.28. The standard InChI is InChI=1S/C12H17ClN4O2/c1-7-6-16(4-5-17(7)12(18)19)11-9(3)8(2)10(13)14-15-11/h7H,4-6H2,1-3H3,(H,18,19). The molecule has 6 nitrogen and oxygen atoms in total. The number of amides is 1. The van der Waals surface area contributed by atoms with Gasteiger partial charge in [-0.1, -0.05) is 11.6 Å². The fraction of sp³-hybridized carbons (Fsp3) is 0.583. The average molecular weight is 285 g/mol. The van der Waals surface area contributed by atoms with Crippen LogP contribution in [0.5, 0.6) is 0 Å². The summed E-state index contributed by atoms with van der Waals surface area (Å²) < 4.78 is 0. The maximum atomic E-state index is 11.0. The Morgan fingerprint density at radius 1 is 1.32 bits per heavy atom. The van der Waals surface area contributed by atoms with Crippen LogP contribution in [-0.2, 0) is 0 Å². The summed E-state index contributed by atoms with van der Waals surface area (Å²) in [6.45, 7) is 7.47. The van der Waals surface area contributed by atoms with Crippen molar-refractivity contribution in [3.63, 3.8) is 0 Å². The number of nitrogens with zero attached hydrogens (tertiary/aromatic N) is 4. The number of aromatic nitrogens is 2. The van der Waals surface area contributed by atoms with E-state index in [1.165, 1.54) is 4.90 Å². The van der Waals surface area contributed by atoms with Gasteiger partial charge in [0.05, 0.1) is 0 Å². The highest BCUT2D eigenvalue weighted by Crippen LogP contribution is 2.25. The second kappa shape index (κ2) is 5.21. The van der Waals surface area contributed by atoms with Gasteiger partial charge in [-0.2, -0.15) is 0 Å². The number of hydrogen-bond acceptors (Lipinski definition) is 4. The third-order valence-corrected chi connectivity index (χ3v) is 3.97. The van der Waals surface area contributed by atoms with Crippen LogP contribution in [-0.4, -0.2) is 52.0 Å². The zero-order valence-electron chi connectivity index (χ0n) is 11.2. The van der Waals surface area contributed by atoms with E-state index in [1.807, 2.05) is 20.8 Å². The zero-order valence-corrected chi connectivity index (χ0v) is 12.0. The summed E-state index contributed by atoms with van der Waals surface area (Å²) in [7, 11) is 0. The second-order valence-corrected chi connectivity index (χ2v) is 5.19. The molecule has 1 saturated heterocycles. The number of carbonyl (C=O) groups is 1. The van der Waals surface area contributed by atoms with Crippen LogP contribution < -0.4 is 4.90 Å². The molecule has 0 bridgehead atoms. The quantitative estimate of drug-likeness (QED) is 0.853. The first-order valence-electron chi connectivity index (χ1n) is 6.15. The van der Waals surface area contributed by atoms with Crippen LogP contribution >= 0.6 is 11.6 Å². The minimum Gasteiger partial charge on any atom is -0.465 e. The highest BCUT2D eigenvalue weighted by atomic mass is 35.5. The van der Waals surface area contributed by atoms with Gasteiger partial charge in [-0.15, -0.1) is 10.2 Å². The molecule has 0 saturated carbocycles. The molecule has 2 heterocycles. The number of anilines is 1. The molecule has 1 unspecified atom stereocenters. The summed E-state index contributed by atoms with van der Waals surface area (Å²) in [6.07, 6.45) is -0.873. The Kier molecular flexibility index (Phi) is 3.80. The summed E-state index contributed by atoms with van der Waals surface area (Å²) in [4.78, 5) is 14.5. The molecule has 0 spiro atoms. The third kappa shape index (κ3) is 2.58. The molecule has 0 aliphatic carbocycles. The van der Waals surface area contributed by atoms with Crippen LogP contribution in [0.1, 0.15) is 18.1 Å². The highest BCUT2D eigenvalue weighted by molar-refractivity contribution is 6.30. The predicted molar refractivity (Wildman–Crippen MR) is 72.9 cm³/mol. The summed E-state index contributed by atoms with van der Waals surface area (Å²) in [5.74, 6) is 0.791. The first-order valence-corrected chi connectivity index (χ1v) is 6.53. The molecule has 2 rings (SSSR count). The van der Waals surface area contributed by atoms with E-state index in [2.05, 4.69) is 15.1 Å². The molecule has 7 heteroatoms. The summed E-state index contributed by atoms with van der Waals surface area (Å²) in [5, 5.41) is 17.6. The summed E-state index contributed by atoms with van der Waals surface area (Å²) in [5.41, 5.74) is 1.91. The van der Waals surface area contributed by atoms with Gasteiger partial charge >= 0.3 is 6.09 Å². The fourth-order valence-electron chi connectivity index (χ4n) is 2.30. The lowest BCUT2D eigenvalue weighted by Gasteiger charge is -2.39. The zero-order chi connectivity index (χ0) is 14.2. The Morgan fingerprint density at radius 3 is 2.58 bits per heavy atom. The smallest absolute Gasteiger partial charge is 0.407 e. The Hall–Kier alpha value is -1.56. The van der Waals surface area contributed by atoms with E-state index in [0.717, 1.165) is 16.9 Å². The fourth-order valence-corrected chi connectivity index (χ4v) is 2.48. The lowest BCUT2D eigenvalue weighted by Crippen LogP contribution is -2.54.